The Bertz CT molecular complexity index is 350. The molecule has 0 radical (unpaired) electrons. The first kappa shape index (κ1) is 13.6. The molecule has 2 rings (SSSR count). The van der Waals surface area contributed by atoms with Gasteiger partial charge in [-0.1, -0.05) is 63.3 Å². The molecule has 0 aliphatic heterocycles. The van der Waals surface area contributed by atoms with Gasteiger partial charge in [-0.2, -0.15) is 0 Å². The summed E-state index contributed by atoms with van der Waals surface area (Å²) in [6.45, 7) is 2.23. The summed E-state index contributed by atoms with van der Waals surface area (Å²) in [6, 6.07) is 9.21. The van der Waals surface area contributed by atoms with E-state index in [0.717, 1.165) is 0 Å². The van der Waals surface area contributed by atoms with Gasteiger partial charge in [-0.25, -0.2) is 0 Å². The first-order valence-corrected chi connectivity index (χ1v) is 7.65. The molecule has 0 spiro atoms. The maximum Gasteiger partial charge on any atom is 0.0323 e. The number of nitrogens with two attached hydrogens (primary N) is 1. The smallest absolute Gasteiger partial charge is 0.0323 e. The molecule has 2 N–H and O–H groups in total. The van der Waals surface area contributed by atoms with Crippen molar-refractivity contribution in [2.24, 2.45) is 11.7 Å². The lowest BCUT2D eigenvalue weighted by Gasteiger charge is -2.23. The van der Waals surface area contributed by atoms with Gasteiger partial charge < -0.3 is 5.73 Å². The molecule has 1 aromatic rings. The van der Waals surface area contributed by atoms with Crippen LogP contribution in [0.3, 0.4) is 0 Å². The summed E-state index contributed by atoms with van der Waals surface area (Å²) in [7, 11) is 0. The number of hydrogen-bond acceptors (Lipinski definition) is 1. The standard InChI is InChI=1S/C17H27N/c1-2-8-14-9-7-12-16(13-14)17(18)15-10-5-3-4-6-11-15/h7,9,12-13,15,17H,2-6,8,10-11,18H2,1H3. The Kier molecular flexibility index (Phi) is 5.25. The van der Waals surface area contributed by atoms with E-state index in [2.05, 4.69) is 31.2 Å². The van der Waals surface area contributed by atoms with Crippen LogP contribution in [0.5, 0.6) is 0 Å². The van der Waals surface area contributed by atoms with E-state index in [9.17, 15) is 0 Å². The van der Waals surface area contributed by atoms with E-state index in [1.54, 1.807) is 0 Å². The molecule has 0 aromatic heterocycles. The maximum absolute atomic E-state index is 6.50. The van der Waals surface area contributed by atoms with Gasteiger partial charge >= 0.3 is 0 Å². The van der Waals surface area contributed by atoms with Gasteiger partial charge in [-0.15, -0.1) is 0 Å². The average Bonchev–Trinajstić information content (AvgIpc) is 2.67. The van der Waals surface area contributed by atoms with Gasteiger partial charge in [-0.3, -0.25) is 0 Å². The Labute approximate surface area is 112 Å². The highest BCUT2D eigenvalue weighted by Gasteiger charge is 2.20. The second-order valence-corrected chi connectivity index (χ2v) is 5.77. The molecule has 1 aromatic carbocycles. The van der Waals surface area contributed by atoms with Crippen LogP contribution < -0.4 is 5.73 Å². The van der Waals surface area contributed by atoms with Crippen molar-refractivity contribution >= 4 is 0 Å². The van der Waals surface area contributed by atoms with Crippen molar-refractivity contribution in [2.45, 2.75) is 64.3 Å². The number of rotatable bonds is 4. The zero-order valence-corrected chi connectivity index (χ0v) is 11.7. The minimum absolute atomic E-state index is 0.250. The predicted molar refractivity (Wildman–Crippen MR) is 78.6 cm³/mol. The zero-order valence-electron chi connectivity index (χ0n) is 11.7. The van der Waals surface area contributed by atoms with Gasteiger partial charge in [0.2, 0.25) is 0 Å². The maximum atomic E-state index is 6.50. The van der Waals surface area contributed by atoms with Crippen molar-refractivity contribution in [3.8, 4) is 0 Å². The van der Waals surface area contributed by atoms with Crippen LogP contribution in [0.1, 0.15) is 69.0 Å². The highest BCUT2D eigenvalue weighted by atomic mass is 14.7. The molecule has 1 fully saturated rings. The molecule has 1 unspecified atom stereocenters. The van der Waals surface area contributed by atoms with Gasteiger partial charge in [0.05, 0.1) is 0 Å². The quantitative estimate of drug-likeness (QED) is 0.770. The summed E-state index contributed by atoms with van der Waals surface area (Å²) in [5, 5.41) is 0. The molecule has 100 valence electrons. The third-order valence-electron chi connectivity index (χ3n) is 4.28. The zero-order chi connectivity index (χ0) is 12.8. The lowest BCUT2D eigenvalue weighted by Crippen LogP contribution is -2.21. The van der Waals surface area contributed by atoms with E-state index < -0.39 is 0 Å². The fraction of sp³-hybridized carbons (Fsp3) is 0.647. The van der Waals surface area contributed by atoms with Crippen LogP contribution in [0, 0.1) is 5.92 Å². The molecule has 1 atom stereocenters. The third kappa shape index (κ3) is 3.58. The fourth-order valence-corrected chi connectivity index (χ4v) is 3.19. The summed E-state index contributed by atoms with van der Waals surface area (Å²) in [6.07, 6.45) is 10.6. The molecule has 1 nitrogen and oxygen atoms in total. The molecule has 1 aliphatic carbocycles. The van der Waals surface area contributed by atoms with Crippen LogP contribution >= 0.6 is 0 Å². The molecule has 1 saturated carbocycles. The topological polar surface area (TPSA) is 26.0 Å². The molecular formula is C17H27N. The molecule has 0 saturated heterocycles. The molecule has 0 heterocycles. The van der Waals surface area contributed by atoms with E-state index >= 15 is 0 Å². The molecule has 1 aliphatic rings. The van der Waals surface area contributed by atoms with Gasteiger partial charge in [0.1, 0.15) is 0 Å². The van der Waals surface area contributed by atoms with Crippen LogP contribution in [-0.4, -0.2) is 0 Å². The normalized spacial score (nSPS) is 19.4. The Balaban J connectivity index is 2.06. The second kappa shape index (κ2) is 6.94. The first-order chi connectivity index (χ1) is 8.81. The Hall–Kier alpha value is -0.820. The minimum atomic E-state index is 0.250. The number of hydrogen-bond donors (Lipinski definition) is 1. The van der Waals surface area contributed by atoms with Crippen molar-refractivity contribution < 1.29 is 0 Å². The van der Waals surface area contributed by atoms with E-state index in [4.69, 9.17) is 5.73 Å². The van der Waals surface area contributed by atoms with Gasteiger partial charge in [-0.05, 0) is 36.3 Å². The van der Waals surface area contributed by atoms with Crippen LogP contribution in [-0.2, 0) is 6.42 Å². The van der Waals surface area contributed by atoms with E-state index in [-0.39, 0.29) is 6.04 Å². The lowest BCUT2D eigenvalue weighted by atomic mass is 9.87. The number of aryl methyl sites for hydroxylation is 1. The molecule has 18 heavy (non-hydrogen) atoms. The molecule has 0 bridgehead atoms. The summed E-state index contributed by atoms with van der Waals surface area (Å²) in [5.74, 6) is 0.698. The van der Waals surface area contributed by atoms with Crippen molar-refractivity contribution in [3.63, 3.8) is 0 Å². The number of benzene rings is 1. The summed E-state index contributed by atoms with van der Waals surface area (Å²) in [4.78, 5) is 0. The van der Waals surface area contributed by atoms with Crippen molar-refractivity contribution in [1.82, 2.24) is 0 Å². The van der Waals surface area contributed by atoms with Gasteiger partial charge in [0.15, 0.2) is 0 Å². The second-order valence-electron chi connectivity index (χ2n) is 5.77. The van der Waals surface area contributed by atoms with Gasteiger partial charge in [0.25, 0.3) is 0 Å². The average molecular weight is 245 g/mol. The van der Waals surface area contributed by atoms with E-state index in [1.165, 1.54) is 62.5 Å². The van der Waals surface area contributed by atoms with E-state index in [0.29, 0.717) is 5.92 Å². The highest BCUT2D eigenvalue weighted by molar-refractivity contribution is 5.26. The van der Waals surface area contributed by atoms with Crippen molar-refractivity contribution in [3.05, 3.63) is 35.4 Å². The molecular weight excluding hydrogens is 218 g/mol. The Morgan fingerprint density at radius 2 is 1.89 bits per heavy atom. The summed E-state index contributed by atoms with van der Waals surface area (Å²) >= 11 is 0. The van der Waals surface area contributed by atoms with Crippen molar-refractivity contribution in [1.29, 1.82) is 0 Å². The fourth-order valence-electron chi connectivity index (χ4n) is 3.19. The third-order valence-corrected chi connectivity index (χ3v) is 4.28. The van der Waals surface area contributed by atoms with Crippen LogP contribution in [0.25, 0.3) is 0 Å². The van der Waals surface area contributed by atoms with Crippen LogP contribution in [0.2, 0.25) is 0 Å². The van der Waals surface area contributed by atoms with Crippen LogP contribution in [0.15, 0.2) is 24.3 Å². The van der Waals surface area contributed by atoms with Crippen molar-refractivity contribution in [2.75, 3.05) is 0 Å². The monoisotopic (exact) mass is 245 g/mol. The largest absolute Gasteiger partial charge is 0.324 e. The lowest BCUT2D eigenvalue weighted by molar-refractivity contribution is 0.382. The summed E-state index contributed by atoms with van der Waals surface area (Å²) in [5.41, 5.74) is 9.30. The summed E-state index contributed by atoms with van der Waals surface area (Å²) < 4.78 is 0. The Morgan fingerprint density at radius 3 is 2.56 bits per heavy atom. The van der Waals surface area contributed by atoms with Crippen LogP contribution in [0.4, 0.5) is 0 Å². The highest BCUT2D eigenvalue weighted by Crippen LogP contribution is 2.32. The van der Waals surface area contributed by atoms with E-state index in [1.807, 2.05) is 0 Å². The predicted octanol–water partition coefficient (Wildman–Crippen LogP) is 4.61. The molecule has 1 heteroatoms. The Morgan fingerprint density at radius 1 is 1.17 bits per heavy atom. The SMILES string of the molecule is CCCc1cccc(C(N)C2CCCCCC2)c1. The first-order valence-electron chi connectivity index (χ1n) is 7.65. The van der Waals surface area contributed by atoms with Gasteiger partial charge in [0, 0.05) is 6.04 Å². The molecule has 0 amide bonds. The minimum Gasteiger partial charge on any atom is -0.324 e.